The largest absolute Gasteiger partial charge is 0.396 e. The van der Waals surface area contributed by atoms with Crippen LogP contribution in [-0.2, 0) is 0 Å². The van der Waals surface area contributed by atoms with Gasteiger partial charge in [-0.15, -0.1) is 0 Å². The first-order valence-corrected chi connectivity index (χ1v) is 8.19. The van der Waals surface area contributed by atoms with Gasteiger partial charge in [0.1, 0.15) is 5.82 Å². The van der Waals surface area contributed by atoms with Crippen molar-refractivity contribution in [1.29, 1.82) is 0 Å². The van der Waals surface area contributed by atoms with Gasteiger partial charge in [0.2, 0.25) is 11.9 Å². The second-order valence-electron chi connectivity index (χ2n) is 6.81. The number of aliphatic hydroxyl groups excluding tert-OH is 1. The number of rotatable bonds is 5. The van der Waals surface area contributed by atoms with E-state index < -0.39 is 0 Å². The summed E-state index contributed by atoms with van der Waals surface area (Å²) in [4.78, 5) is 17.9. The Morgan fingerprint density at radius 3 is 2.09 bits per heavy atom. The van der Waals surface area contributed by atoms with Gasteiger partial charge in [0.05, 0.1) is 0 Å². The van der Waals surface area contributed by atoms with Crippen LogP contribution in [0.3, 0.4) is 0 Å². The van der Waals surface area contributed by atoms with Crippen LogP contribution < -0.4 is 9.80 Å². The average molecular weight is 307 g/mol. The van der Waals surface area contributed by atoms with Gasteiger partial charge in [-0.1, -0.05) is 13.8 Å². The van der Waals surface area contributed by atoms with Gasteiger partial charge in [-0.05, 0) is 31.6 Å². The van der Waals surface area contributed by atoms with Crippen LogP contribution in [-0.4, -0.2) is 53.9 Å². The van der Waals surface area contributed by atoms with Crippen molar-refractivity contribution in [2.75, 3.05) is 37.5 Å². The molecular formula is C16H29N5O. The van der Waals surface area contributed by atoms with E-state index >= 15 is 0 Å². The smallest absolute Gasteiger partial charge is 0.230 e. The molecule has 0 aliphatic heterocycles. The average Bonchev–Trinajstić information content (AvgIpc) is 2.53. The van der Waals surface area contributed by atoms with Gasteiger partial charge >= 0.3 is 0 Å². The van der Waals surface area contributed by atoms with E-state index in [-0.39, 0.29) is 5.92 Å². The van der Waals surface area contributed by atoms with E-state index in [4.69, 9.17) is 0 Å². The van der Waals surface area contributed by atoms with Crippen molar-refractivity contribution < 1.29 is 5.11 Å². The molecule has 0 aromatic carbocycles. The first-order valence-electron chi connectivity index (χ1n) is 8.19. The molecule has 6 heteroatoms. The third kappa shape index (κ3) is 3.85. The van der Waals surface area contributed by atoms with Crippen molar-refractivity contribution in [3.8, 4) is 0 Å². The molecule has 1 aromatic heterocycles. The van der Waals surface area contributed by atoms with E-state index in [1.165, 1.54) is 0 Å². The summed E-state index contributed by atoms with van der Waals surface area (Å²) < 4.78 is 0. The summed E-state index contributed by atoms with van der Waals surface area (Å²) >= 11 is 0. The number of hydrogen-bond donors (Lipinski definition) is 1. The van der Waals surface area contributed by atoms with E-state index in [0.29, 0.717) is 24.5 Å². The minimum Gasteiger partial charge on any atom is -0.396 e. The summed E-state index contributed by atoms with van der Waals surface area (Å²) in [6, 6.07) is 0.445. The normalized spacial score (nSPS) is 22.0. The van der Waals surface area contributed by atoms with Gasteiger partial charge in [0.25, 0.3) is 0 Å². The molecule has 1 fully saturated rings. The van der Waals surface area contributed by atoms with E-state index in [1.807, 2.05) is 19.0 Å². The molecular weight excluding hydrogens is 278 g/mol. The highest BCUT2D eigenvalue weighted by Gasteiger charge is 2.26. The monoisotopic (exact) mass is 307 g/mol. The van der Waals surface area contributed by atoms with E-state index in [0.717, 1.165) is 37.5 Å². The maximum Gasteiger partial charge on any atom is 0.230 e. The van der Waals surface area contributed by atoms with Crippen molar-refractivity contribution in [2.45, 2.75) is 51.5 Å². The van der Waals surface area contributed by atoms with Gasteiger partial charge in [-0.25, -0.2) is 0 Å². The molecule has 124 valence electrons. The molecule has 0 radical (unpaired) electrons. The standard InChI is InChI=1S/C16H29N5O/c1-11(2)14-17-15(20(3)4)19-16(18-14)21(5)13-8-6-12(10-22)7-9-13/h11-13,22H,6-10H2,1-5H3. The van der Waals surface area contributed by atoms with Gasteiger partial charge < -0.3 is 14.9 Å². The lowest BCUT2D eigenvalue weighted by Crippen LogP contribution is -2.37. The predicted molar refractivity (Wildman–Crippen MR) is 89.5 cm³/mol. The minimum atomic E-state index is 0.277. The van der Waals surface area contributed by atoms with Crippen LogP contribution in [0.15, 0.2) is 0 Å². The zero-order chi connectivity index (χ0) is 16.3. The molecule has 6 nitrogen and oxygen atoms in total. The maximum absolute atomic E-state index is 9.28. The Hall–Kier alpha value is -1.43. The zero-order valence-electron chi connectivity index (χ0n) is 14.5. The molecule has 0 spiro atoms. The number of anilines is 2. The maximum atomic E-state index is 9.28. The Morgan fingerprint density at radius 2 is 1.59 bits per heavy atom. The fourth-order valence-electron chi connectivity index (χ4n) is 2.86. The predicted octanol–water partition coefficient (Wildman–Crippen LogP) is 2.05. The molecule has 1 saturated carbocycles. The summed E-state index contributed by atoms with van der Waals surface area (Å²) in [5, 5.41) is 9.28. The van der Waals surface area contributed by atoms with Gasteiger partial charge in [0.15, 0.2) is 0 Å². The van der Waals surface area contributed by atoms with Crippen LogP contribution in [0, 0.1) is 5.92 Å². The highest BCUT2D eigenvalue weighted by atomic mass is 16.3. The molecule has 0 saturated heterocycles. The summed E-state index contributed by atoms with van der Waals surface area (Å²) in [5.41, 5.74) is 0. The first kappa shape index (κ1) is 16.9. The van der Waals surface area contributed by atoms with E-state index in [2.05, 4.69) is 40.7 Å². The third-order valence-electron chi connectivity index (χ3n) is 4.48. The summed E-state index contributed by atoms with van der Waals surface area (Å²) in [6.07, 6.45) is 4.33. The second-order valence-corrected chi connectivity index (χ2v) is 6.81. The fraction of sp³-hybridized carbons (Fsp3) is 0.812. The van der Waals surface area contributed by atoms with E-state index in [1.54, 1.807) is 0 Å². The Morgan fingerprint density at radius 1 is 1.00 bits per heavy atom. The lowest BCUT2D eigenvalue weighted by molar-refractivity contribution is 0.181. The SMILES string of the molecule is CC(C)c1nc(N(C)C)nc(N(C)C2CCC(CO)CC2)n1. The molecule has 2 rings (SSSR count). The Balaban J connectivity index is 2.19. The van der Waals surface area contributed by atoms with Crippen molar-refractivity contribution in [2.24, 2.45) is 5.92 Å². The number of nitrogens with zero attached hydrogens (tertiary/aromatic N) is 5. The molecule has 1 aromatic rings. The van der Waals surface area contributed by atoms with Crippen LogP contribution in [0.1, 0.15) is 51.3 Å². The van der Waals surface area contributed by atoms with Gasteiger partial charge in [0, 0.05) is 39.7 Å². The van der Waals surface area contributed by atoms with Crippen LogP contribution in [0.5, 0.6) is 0 Å². The van der Waals surface area contributed by atoms with Crippen LogP contribution in [0.2, 0.25) is 0 Å². The molecule has 0 bridgehead atoms. The molecule has 1 heterocycles. The number of aromatic nitrogens is 3. The molecule has 0 amide bonds. The van der Waals surface area contributed by atoms with Crippen LogP contribution in [0.25, 0.3) is 0 Å². The first-order chi connectivity index (χ1) is 10.4. The Kier molecular flexibility index (Phi) is 5.56. The summed E-state index contributed by atoms with van der Waals surface area (Å²) in [7, 11) is 5.98. The quantitative estimate of drug-likeness (QED) is 0.898. The second kappa shape index (κ2) is 7.22. The van der Waals surface area contributed by atoms with Crippen molar-refractivity contribution in [1.82, 2.24) is 15.0 Å². The molecule has 0 unspecified atom stereocenters. The van der Waals surface area contributed by atoms with Crippen molar-refractivity contribution >= 4 is 11.9 Å². The highest BCUT2D eigenvalue weighted by molar-refractivity contribution is 5.39. The topological polar surface area (TPSA) is 65.4 Å². The number of aliphatic hydroxyl groups is 1. The lowest BCUT2D eigenvalue weighted by atomic mass is 9.86. The van der Waals surface area contributed by atoms with Crippen LogP contribution in [0.4, 0.5) is 11.9 Å². The zero-order valence-corrected chi connectivity index (χ0v) is 14.5. The summed E-state index contributed by atoms with van der Waals surface area (Å²) in [5.74, 6) is 3.05. The van der Waals surface area contributed by atoms with Crippen LogP contribution >= 0.6 is 0 Å². The Bertz CT molecular complexity index is 457. The van der Waals surface area contributed by atoms with Crippen molar-refractivity contribution in [3.05, 3.63) is 5.82 Å². The summed E-state index contributed by atoms with van der Waals surface area (Å²) in [6.45, 7) is 4.51. The number of hydrogen-bond acceptors (Lipinski definition) is 6. The lowest BCUT2D eigenvalue weighted by Gasteiger charge is -2.34. The third-order valence-corrected chi connectivity index (χ3v) is 4.48. The highest BCUT2D eigenvalue weighted by Crippen LogP contribution is 2.29. The fourth-order valence-corrected chi connectivity index (χ4v) is 2.86. The minimum absolute atomic E-state index is 0.277. The van der Waals surface area contributed by atoms with Crippen molar-refractivity contribution in [3.63, 3.8) is 0 Å². The molecule has 1 aliphatic carbocycles. The van der Waals surface area contributed by atoms with Gasteiger partial charge in [-0.2, -0.15) is 15.0 Å². The molecule has 1 aliphatic rings. The van der Waals surface area contributed by atoms with E-state index in [9.17, 15) is 5.11 Å². The molecule has 1 N–H and O–H groups in total. The molecule has 0 atom stereocenters. The van der Waals surface area contributed by atoms with Gasteiger partial charge in [-0.3, -0.25) is 0 Å². The Labute approximate surface area is 133 Å². The molecule has 22 heavy (non-hydrogen) atoms.